The highest BCUT2D eigenvalue weighted by atomic mass is 19.4. The molecule has 5 nitrogen and oxygen atoms in total. The van der Waals surface area contributed by atoms with Gasteiger partial charge in [0.2, 0.25) is 0 Å². The molecular weight excluding hydrogens is 338 g/mol. The van der Waals surface area contributed by atoms with Crippen molar-refractivity contribution in [2.45, 2.75) is 12.4 Å². The smallest absolute Gasteiger partial charge is 0.486 e. The van der Waals surface area contributed by atoms with E-state index in [4.69, 9.17) is 4.74 Å². The lowest BCUT2D eigenvalue weighted by Crippen LogP contribution is -2.28. The summed E-state index contributed by atoms with van der Waals surface area (Å²) >= 11 is 0. The lowest BCUT2D eigenvalue weighted by Gasteiger charge is -2.12. The predicted octanol–water partition coefficient (Wildman–Crippen LogP) is 2.64. The third-order valence-corrected chi connectivity index (χ3v) is 2.09. The topological polar surface area (TPSA) is 61.8 Å². The van der Waals surface area contributed by atoms with Crippen molar-refractivity contribution in [1.29, 1.82) is 0 Å². The van der Waals surface area contributed by atoms with Crippen LogP contribution in [0.1, 0.15) is 0 Å². The van der Waals surface area contributed by atoms with E-state index in [9.17, 15) is 35.9 Å². The van der Waals surface area contributed by atoms with Gasteiger partial charge in [-0.25, -0.2) is 9.59 Å². The Bertz CT molecular complexity index is 566. The maximum Gasteiger partial charge on any atom is 0.491 e. The van der Waals surface area contributed by atoms with Crippen molar-refractivity contribution in [2.24, 2.45) is 0 Å². The van der Waals surface area contributed by atoms with E-state index in [0.717, 1.165) is 12.1 Å². The van der Waals surface area contributed by atoms with E-state index in [1.165, 1.54) is 12.1 Å². The van der Waals surface area contributed by atoms with Gasteiger partial charge in [-0.2, -0.15) is 26.3 Å². The first-order chi connectivity index (χ1) is 10.5. The van der Waals surface area contributed by atoms with E-state index < -0.39 is 43.3 Å². The number of para-hydroxylation sites is 2. The Morgan fingerprint density at radius 2 is 1.35 bits per heavy atom. The van der Waals surface area contributed by atoms with Gasteiger partial charge in [-0.15, -0.1) is 0 Å². The summed E-state index contributed by atoms with van der Waals surface area (Å²) in [5, 5.41) is 0. The summed E-state index contributed by atoms with van der Waals surface area (Å²) in [5.41, 5.74) is 0. The van der Waals surface area contributed by atoms with Gasteiger partial charge in [0, 0.05) is 0 Å². The molecule has 0 radical (unpaired) electrons. The zero-order valence-electron chi connectivity index (χ0n) is 11.0. The molecule has 1 rings (SSSR count). The second-order valence-electron chi connectivity index (χ2n) is 3.82. The summed E-state index contributed by atoms with van der Waals surface area (Å²) in [7, 11) is 0. The number of alkyl halides is 6. The molecule has 0 spiro atoms. The molecule has 0 aliphatic rings. The third kappa shape index (κ3) is 6.04. The lowest BCUT2D eigenvalue weighted by atomic mass is 10.3. The quantitative estimate of drug-likeness (QED) is 0.355. The molecule has 1 aromatic carbocycles. The summed E-state index contributed by atoms with van der Waals surface area (Å²) in [4.78, 5) is 21.1. The van der Waals surface area contributed by atoms with Crippen LogP contribution in [0, 0.1) is 0 Å². The van der Waals surface area contributed by atoms with Crippen LogP contribution < -0.4 is 9.47 Å². The van der Waals surface area contributed by atoms with Gasteiger partial charge in [-0.1, -0.05) is 12.1 Å². The molecule has 0 unspecified atom stereocenters. The van der Waals surface area contributed by atoms with Crippen molar-refractivity contribution in [1.82, 2.24) is 0 Å². The van der Waals surface area contributed by atoms with Crippen molar-refractivity contribution in [2.75, 3.05) is 13.2 Å². The normalized spacial score (nSPS) is 11.7. The van der Waals surface area contributed by atoms with Gasteiger partial charge in [0.05, 0.1) is 0 Å². The highest BCUT2D eigenvalue weighted by molar-refractivity contribution is 5.78. The number of carbonyl (C=O) groups is 2. The van der Waals surface area contributed by atoms with Crippen LogP contribution >= 0.6 is 0 Å². The zero-order chi connectivity index (χ0) is 17.7. The van der Waals surface area contributed by atoms with Gasteiger partial charge in [-0.3, -0.25) is 0 Å². The number of carbonyl (C=O) groups excluding carboxylic acids is 2. The molecule has 0 aromatic heterocycles. The van der Waals surface area contributed by atoms with Crippen molar-refractivity contribution in [3.05, 3.63) is 24.3 Å². The Kier molecular flexibility index (Phi) is 5.82. The fraction of sp³-hybridized carbons (Fsp3) is 0.333. The summed E-state index contributed by atoms with van der Waals surface area (Å²) in [6.45, 7) is -1.40. The lowest BCUT2D eigenvalue weighted by molar-refractivity contribution is -0.200. The molecule has 0 saturated carbocycles. The van der Waals surface area contributed by atoms with Crippen LogP contribution in [0.5, 0.6) is 11.5 Å². The summed E-state index contributed by atoms with van der Waals surface area (Å²) in [6.07, 6.45) is -10.4. The largest absolute Gasteiger partial charge is 0.491 e. The van der Waals surface area contributed by atoms with Gasteiger partial charge >= 0.3 is 24.3 Å². The first-order valence-corrected chi connectivity index (χ1v) is 5.76. The molecule has 128 valence electrons. The molecule has 23 heavy (non-hydrogen) atoms. The first kappa shape index (κ1) is 18.6. The second-order valence-corrected chi connectivity index (χ2v) is 3.82. The maximum absolute atomic E-state index is 12.1. The SMILES string of the molecule is O=C(OCCOc1ccccc1OC(=O)C(F)(F)F)C(F)(F)F. The monoisotopic (exact) mass is 346 g/mol. The molecule has 0 heterocycles. The molecule has 0 bridgehead atoms. The molecule has 0 N–H and O–H groups in total. The molecule has 0 fully saturated rings. The number of halogens is 6. The van der Waals surface area contributed by atoms with Crippen molar-refractivity contribution in [3.8, 4) is 11.5 Å². The van der Waals surface area contributed by atoms with E-state index in [0.29, 0.717) is 0 Å². The average molecular weight is 346 g/mol. The first-order valence-electron chi connectivity index (χ1n) is 5.76. The fourth-order valence-corrected chi connectivity index (χ4v) is 1.18. The van der Waals surface area contributed by atoms with Crippen LogP contribution in [0.4, 0.5) is 26.3 Å². The molecule has 0 atom stereocenters. The minimum absolute atomic E-state index is 0.340. The van der Waals surface area contributed by atoms with Gasteiger partial charge < -0.3 is 14.2 Å². The summed E-state index contributed by atoms with van der Waals surface area (Å²) < 4.78 is 84.5. The van der Waals surface area contributed by atoms with E-state index in [2.05, 4.69) is 9.47 Å². The molecule has 0 saturated heterocycles. The van der Waals surface area contributed by atoms with E-state index in [1.807, 2.05) is 0 Å². The van der Waals surface area contributed by atoms with Crippen molar-refractivity contribution < 1.29 is 50.1 Å². The van der Waals surface area contributed by atoms with Crippen LogP contribution in [0.3, 0.4) is 0 Å². The highest BCUT2D eigenvalue weighted by Crippen LogP contribution is 2.29. The Balaban J connectivity index is 2.58. The minimum atomic E-state index is -5.23. The minimum Gasteiger partial charge on any atom is -0.486 e. The molecular formula is C12H8F6O5. The Hall–Kier alpha value is -2.46. The average Bonchev–Trinajstić information content (AvgIpc) is 2.42. The standard InChI is InChI=1S/C12H8F6O5/c13-11(14,15)9(19)22-6-5-21-7-3-1-2-4-8(7)23-10(20)12(16,17)18/h1-4H,5-6H2. The van der Waals surface area contributed by atoms with Crippen LogP contribution in [-0.2, 0) is 14.3 Å². The maximum atomic E-state index is 12.1. The summed E-state index contributed by atoms with van der Waals surface area (Å²) in [6, 6.07) is 4.67. The van der Waals surface area contributed by atoms with Gasteiger partial charge in [0.15, 0.2) is 11.5 Å². The molecule has 11 heteroatoms. The fourth-order valence-electron chi connectivity index (χ4n) is 1.18. The Labute approximate surface area is 124 Å². The number of hydrogen-bond acceptors (Lipinski definition) is 5. The van der Waals surface area contributed by atoms with Gasteiger partial charge in [0.25, 0.3) is 0 Å². The van der Waals surface area contributed by atoms with Crippen LogP contribution in [-0.4, -0.2) is 37.5 Å². The number of benzene rings is 1. The van der Waals surface area contributed by atoms with Crippen LogP contribution in [0.25, 0.3) is 0 Å². The number of rotatable bonds is 5. The zero-order valence-corrected chi connectivity index (χ0v) is 11.0. The third-order valence-electron chi connectivity index (χ3n) is 2.09. The van der Waals surface area contributed by atoms with Crippen LogP contribution in [0.2, 0.25) is 0 Å². The molecule has 0 aliphatic heterocycles. The molecule has 0 aliphatic carbocycles. The predicted molar refractivity (Wildman–Crippen MR) is 60.6 cm³/mol. The van der Waals surface area contributed by atoms with Crippen molar-refractivity contribution >= 4 is 11.9 Å². The van der Waals surface area contributed by atoms with E-state index >= 15 is 0 Å². The second kappa shape index (κ2) is 7.20. The molecule has 0 amide bonds. The van der Waals surface area contributed by atoms with Crippen LogP contribution in [0.15, 0.2) is 24.3 Å². The van der Waals surface area contributed by atoms with Gasteiger partial charge in [-0.05, 0) is 12.1 Å². The number of esters is 2. The summed E-state index contributed by atoms with van der Waals surface area (Å²) in [5.74, 6) is -5.85. The number of ether oxygens (including phenoxy) is 3. The Morgan fingerprint density at radius 3 is 1.87 bits per heavy atom. The molecule has 1 aromatic rings. The van der Waals surface area contributed by atoms with Gasteiger partial charge in [0.1, 0.15) is 13.2 Å². The van der Waals surface area contributed by atoms with E-state index in [-0.39, 0.29) is 5.75 Å². The van der Waals surface area contributed by atoms with Crippen molar-refractivity contribution in [3.63, 3.8) is 0 Å². The highest BCUT2D eigenvalue weighted by Gasteiger charge is 2.42. The Morgan fingerprint density at radius 1 is 0.826 bits per heavy atom. The van der Waals surface area contributed by atoms with E-state index in [1.54, 1.807) is 0 Å². The number of hydrogen-bond donors (Lipinski definition) is 0.